The van der Waals surface area contributed by atoms with Crippen molar-refractivity contribution in [2.75, 3.05) is 10.2 Å². The first-order valence-corrected chi connectivity index (χ1v) is 8.84. The van der Waals surface area contributed by atoms with Crippen molar-refractivity contribution in [3.63, 3.8) is 0 Å². The van der Waals surface area contributed by atoms with Gasteiger partial charge in [0.2, 0.25) is 17.8 Å². The first kappa shape index (κ1) is 20.3. The number of carbonyl (C=O) groups is 2. The number of pyridine rings is 2. The van der Waals surface area contributed by atoms with Gasteiger partial charge in [0, 0.05) is 37.1 Å². The number of rotatable bonds is 5. The second-order valence-corrected chi connectivity index (χ2v) is 6.41. The summed E-state index contributed by atoms with van der Waals surface area (Å²) >= 11 is 5.88. The van der Waals surface area contributed by atoms with Crippen molar-refractivity contribution >= 4 is 40.6 Å². The largest absolute Gasteiger partial charge is 0.326 e. The van der Waals surface area contributed by atoms with E-state index in [-0.39, 0.29) is 22.9 Å². The molecule has 2 aromatic heterocycles. The molecule has 0 aliphatic carbocycles. The zero-order valence-electron chi connectivity index (χ0n) is 15.2. The average Bonchev–Trinajstić information content (AvgIpc) is 2.66. The van der Waals surface area contributed by atoms with Gasteiger partial charge in [-0.2, -0.15) is 4.39 Å². The van der Waals surface area contributed by atoms with Crippen molar-refractivity contribution in [1.29, 1.82) is 0 Å². The summed E-state index contributed by atoms with van der Waals surface area (Å²) in [4.78, 5) is 33.2. The fourth-order valence-electron chi connectivity index (χ4n) is 2.69. The molecule has 6 nitrogen and oxygen atoms in total. The number of amides is 2. The Morgan fingerprint density at radius 2 is 1.86 bits per heavy atom. The van der Waals surface area contributed by atoms with Crippen molar-refractivity contribution in [2.45, 2.75) is 13.3 Å². The van der Waals surface area contributed by atoms with Gasteiger partial charge in [0.05, 0.1) is 17.1 Å². The molecule has 0 fully saturated rings. The van der Waals surface area contributed by atoms with Gasteiger partial charge in [-0.25, -0.2) is 14.4 Å². The van der Waals surface area contributed by atoms with Gasteiger partial charge in [0.25, 0.3) is 0 Å². The number of hydrogen-bond donors (Lipinski definition) is 1. The lowest BCUT2D eigenvalue weighted by molar-refractivity contribution is -0.116. The first-order valence-electron chi connectivity index (χ1n) is 8.46. The van der Waals surface area contributed by atoms with Crippen LogP contribution in [0, 0.1) is 11.8 Å². The van der Waals surface area contributed by atoms with E-state index in [1.807, 2.05) is 0 Å². The molecule has 0 bridgehead atoms. The Kier molecular flexibility index (Phi) is 6.13. The second kappa shape index (κ2) is 8.74. The molecule has 29 heavy (non-hydrogen) atoms. The minimum Gasteiger partial charge on any atom is -0.326 e. The Labute approximate surface area is 170 Å². The predicted molar refractivity (Wildman–Crippen MR) is 105 cm³/mol. The molecule has 0 spiro atoms. The Bertz CT molecular complexity index is 1080. The fraction of sp³-hybridized carbons (Fsp3) is 0.100. The first-order chi connectivity index (χ1) is 13.8. The average molecular weight is 417 g/mol. The quantitative estimate of drug-likeness (QED) is 0.630. The number of aromatic nitrogens is 2. The van der Waals surface area contributed by atoms with Crippen molar-refractivity contribution < 1.29 is 18.4 Å². The molecule has 0 aliphatic rings. The minimum atomic E-state index is -0.745. The Morgan fingerprint density at radius 1 is 1.10 bits per heavy atom. The van der Waals surface area contributed by atoms with Gasteiger partial charge in [0.15, 0.2) is 0 Å². The molecule has 148 valence electrons. The van der Waals surface area contributed by atoms with E-state index < -0.39 is 23.6 Å². The fourth-order valence-corrected chi connectivity index (χ4v) is 2.88. The van der Waals surface area contributed by atoms with Crippen LogP contribution in [0.4, 0.5) is 26.0 Å². The summed E-state index contributed by atoms with van der Waals surface area (Å²) in [7, 11) is 0. The van der Waals surface area contributed by atoms with Gasteiger partial charge < -0.3 is 5.32 Å². The third-order valence-corrected chi connectivity index (χ3v) is 4.35. The molecule has 0 radical (unpaired) electrons. The second-order valence-electron chi connectivity index (χ2n) is 6.03. The van der Waals surface area contributed by atoms with Crippen molar-refractivity contribution in [3.05, 3.63) is 77.2 Å². The molecule has 0 unspecified atom stereocenters. The van der Waals surface area contributed by atoms with E-state index in [1.54, 1.807) is 6.07 Å². The maximum atomic E-state index is 13.5. The summed E-state index contributed by atoms with van der Waals surface area (Å²) in [5.74, 6) is -2.00. The molecule has 9 heteroatoms. The van der Waals surface area contributed by atoms with E-state index in [0.29, 0.717) is 11.3 Å². The lowest BCUT2D eigenvalue weighted by atomic mass is 10.1. The highest BCUT2D eigenvalue weighted by molar-refractivity contribution is 6.31. The highest BCUT2D eigenvalue weighted by Crippen LogP contribution is 2.26. The van der Waals surface area contributed by atoms with Crippen molar-refractivity contribution in [3.8, 4) is 0 Å². The monoisotopic (exact) mass is 416 g/mol. The summed E-state index contributed by atoms with van der Waals surface area (Å²) in [6, 6.07) is 9.77. The smallest absolute Gasteiger partial charge is 0.229 e. The molecule has 3 rings (SSSR count). The topological polar surface area (TPSA) is 75.2 Å². The molecule has 3 aromatic rings. The minimum absolute atomic E-state index is 0.111. The predicted octanol–water partition coefficient (Wildman–Crippen LogP) is 4.27. The van der Waals surface area contributed by atoms with Crippen molar-refractivity contribution in [1.82, 2.24) is 9.97 Å². The maximum absolute atomic E-state index is 13.5. The number of carbonyl (C=O) groups excluding carboxylic acids is 2. The van der Waals surface area contributed by atoms with Gasteiger partial charge in [0.1, 0.15) is 11.6 Å². The molecule has 2 heterocycles. The molecular weight excluding hydrogens is 402 g/mol. The molecule has 0 aliphatic heterocycles. The van der Waals surface area contributed by atoms with Crippen LogP contribution in [0.2, 0.25) is 5.02 Å². The summed E-state index contributed by atoms with van der Waals surface area (Å²) < 4.78 is 27.0. The number of nitrogens with zero attached hydrogens (tertiary/aromatic N) is 3. The van der Waals surface area contributed by atoms with Gasteiger partial charge >= 0.3 is 0 Å². The highest BCUT2D eigenvalue weighted by atomic mass is 35.5. The van der Waals surface area contributed by atoms with Crippen LogP contribution in [-0.2, 0) is 16.0 Å². The van der Waals surface area contributed by atoms with E-state index >= 15 is 0 Å². The summed E-state index contributed by atoms with van der Waals surface area (Å²) in [6.07, 6.45) is 2.49. The van der Waals surface area contributed by atoms with Crippen molar-refractivity contribution in [2.24, 2.45) is 0 Å². The zero-order valence-corrected chi connectivity index (χ0v) is 16.0. The van der Waals surface area contributed by atoms with Crippen LogP contribution in [0.1, 0.15) is 12.5 Å². The SMILES string of the molecule is CC(=O)N(c1ccnc(F)c1)c1cc(NC(=O)Cc2cccc(F)c2Cl)ccn1. The van der Waals surface area contributed by atoms with Crippen LogP contribution >= 0.6 is 11.6 Å². The van der Waals surface area contributed by atoms with E-state index in [0.717, 1.165) is 6.07 Å². The molecule has 0 saturated heterocycles. The summed E-state index contributed by atoms with van der Waals surface area (Å²) in [5.41, 5.74) is 0.942. The highest BCUT2D eigenvalue weighted by Gasteiger charge is 2.17. The summed E-state index contributed by atoms with van der Waals surface area (Å²) in [6.45, 7) is 1.30. The molecular formula is C20H15ClF2N4O2. The van der Waals surface area contributed by atoms with Gasteiger partial charge in [-0.1, -0.05) is 23.7 Å². The van der Waals surface area contributed by atoms with Crippen LogP contribution in [0.5, 0.6) is 0 Å². The van der Waals surface area contributed by atoms with Crippen LogP contribution in [0.25, 0.3) is 0 Å². The number of hydrogen-bond acceptors (Lipinski definition) is 4. The van der Waals surface area contributed by atoms with E-state index in [2.05, 4.69) is 15.3 Å². The van der Waals surface area contributed by atoms with E-state index in [1.165, 1.54) is 54.5 Å². The Balaban J connectivity index is 1.82. The zero-order chi connectivity index (χ0) is 21.0. The van der Waals surface area contributed by atoms with Gasteiger partial charge in [-0.05, 0) is 23.8 Å². The van der Waals surface area contributed by atoms with Crippen LogP contribution in [-0.4, -0.2) is 21.8 Å². The lowest BCUT2D eigenvalue weighted by Crippen LogP contribution is -2.24. The number of anilines is 3. The van der Waals surface area contributed by atoms with Gasteiger partial charge in [-0.15, -0.1) is 0 Å². The van der Waals surface area contributed by atoms with E-state index in [9.17, 15) is 18.4 Å². The summed E-state index contributed by atoms with van der Waals surface area (Å²) in [5, 5.41) is 2.54. The molecule has 0 saturated carbocycles. The number of benzene rings is 1. The van der Waals surface area contributed by atoms with Crippen LogP contribution in [0.3, 0.4) is 0 Å². The third-order valence-electron chi connectivity index (χ3n) is 3.92. The molecule has 1 aromatic carbocycles. The van der Waals surface area contributed by atoms with E-state index in [4.69, 9.17) is 11.6 Å². The lowest BCUT2D eigenvalue weighted by Gasteiger charge is -2.20. The molecule has 1 N–H and O–H groups in total. The Morgan fingerprint density at radius 3 is 2.59 bits per heavy atom. The normalized spacial score (nSPS) is 10.5. The standard InChI is InChI=1S/C20H15ClF2N4O2/c1-12(28)27(15-6-8-24-17(23)11-15)18-10-14(5-7-25-18)26-19(29)9-13-3-2-4-16(22)20(13)21/h2-8,10-11H,9H2,1H3,(H,25,26,29). The maximum Gasteiger partial charge on any atom is 0.229 e. The number of nitrogens with one attached hydrogen (secondary N) is 1. The number of halogens is 3. The Hall–Kier alpha value is -3.39. The van der Waals surface area contributed by atoms with Crippen LogP contribution in [0.15, 0.2) is 54.9 Å². The molecule has 2 amide bonds. The third kappa shape index (κ3) is 4.91. The molecule has 0 atom stereocenters. The van der Waals surface area contributed by atoms with Gasteiger partial charge in [-0.3, -0.25) is 14.5 Å². The van der Waals surface area contributed by atoms with Crippen LogP contribution < -0.4 is 10.2 Å².